The molecule has 0 amide bonds. The molecule has 3 aromatic carbocycles. The van der Waals surface area contributed by atoms with Crippen molar-refractivity contribution in [3.05, 3.63) is 111 Å². The van der Waals surface area contributed by atoms with Gasteiger partial charge in [-0.25, -0.2) is 0 Å². The van der Waals surface area contributed by atoms with Gasteiger partial charge in [0.05, 0.1) is 6.04 Å². The zero-order valence-corrected chi connectivity index (χ0v) is 14.2. The standard InChI is InChI=1S/C20H16ClN3O/c21-18-10-4-8-16(12-18)20(23-24-22)17-9-5-11-19(13-17)25-14-15-6-2-1-3-7-15/h1-13,20H,14H2. The summed E-state index contributed by atoms with van der Waals surface area (Å²) in [6.45, 7) is 0.480. The first-order valence-electron chi connectivity index (χ1n) is 7.82. The maximum Gasteiger partial charge on any atom is 0.120 e. The van der Waals surface area contributed by atoms with Gasteiger partial charge in [-0.15, -0.1) is 0 Å². The summed E-state index contributed by atoms with van der Waals surface area (Å²) in [5.41, 5.74) is 11.7. The third-order valence-corrected chi connectivity index (χ3v) is 3.99. The van der Waals surface area contributed by atoms with Gasteiger partial charge in [0.25, 0.3) is 0 Å². The minimum Gasteiger partial charge on any atom is -0.489 e. The highest BCUT2D eigenvalue weighted by Crippen LogP contribution is 2.30. The number of ether oxygens (including phenoxy) is 1. The molecule has 124 valence electrons. The molecule has 3 aromatic rings. The topological polar surface area (TPSA) is 58.0 Å². The molecule has 5 heteroatoms. The molecule has 3 rings (SSSR count). The van der Waals surface area contributed by atoms with Crippen LogP contribution in [0.2, 0.25) is 5.02 Å². The molecule has 1 atom stereocenters. The van der Waals surface area contributed by atoms with Crippen molar-refractivity contribution < 1.29 is 4.74 Å². The molecule has 0 spiro atoms. The fourth-order valence-corrected chi connectivity index (χ4v) is 2.77. The van der Waals surface area contributed by atoms with Gasteiger partial charge in [0, 0.05) is 9.93 Å². The molecule has 0 bridgehead atoms. The number of hydrogen-bond acceptors (Lipinski definition) is 2. The van der Waals surface area contributed by atoms with Gasteiger partial charge in [-0.05, 0) is 46.5 Å². The van der Waals surface area contributed by atoms with E-state index in [0.29, 0.717) is 11.6 Å². The highest BCUT2D eigenvalue weighted by molar-refractivity contribution is 6.30. The monoisotopic (exact) mass is 349 g/mol. The van der Waals surface area contributed by atoms with Crippen LogP contribution in [0, 0.1) is 0 Å². The third-order valence-electron chi connectivity index (χ3n) is 3.75. The number of rotatable bonds is 6. The molecule has 0 radical (unpaired) electrons. The maximum absolute atomic E-state index is 8.94. The van der Waals surface area contributed by atoms with E-state index in [1.165, 1.54) is 0 Å². The Balaban J connectivity index is 1.84. The average molecular weight is 350 g/mol. The summed E-state index contributed by atoms with van der Waals surface area (Å²) in [5.74, 6) is 0.724. The largest absolute Gasteiger partial charge is 0.489 e. The first-order valence-corrected chi connectivity index (χ1v) is 8.20. The molecule has 0 N–H and O–H groups in total. The lowest BCUT2D eigenvalue weighted by molar-refractivity contribution is 0.306. The first-order chi connectivity index (χ1) is 12.3. The van der Waals surface area contributed by atoms with E-state index < -0.39 is 6.04 Å². The van der Waals surface area contributed by atoms with Crippen molar-refractivity contribution in [1.82, 2.24) is 0 Å². The molecule has 25 heavy (non-hydrogen) atoms. The SMILES string of the molecule is [N-]=[N+]=NC(c1cccc(Cl)c1)c1cccc(OCc2ccccc2)c1. The van der Waals surface area contributed by atoms with E-state index in [1.807, 2.05) is 66.7 Å². The number of benzene rings is 3. The van der Waals surface area contributed by atoms with E-state index >= 15 is 0 Å². The Bertz CT molecular complexity index is 892. The zero-order valence-electron chi connectivity index (χ0n) is 13.4. The third kappa shape index (κ3) is 4.54. The van der Waals surface area contributed by atoms with Crippen molar-refractivity contribution in [3.63, 3.8) is 0 Å². The van der Waals surface area contributed by atoms with Gasteiger partial charge in [-0.1, -0.05) is 71.3 Å². The Kier molecular flexibility index (Phi) is 5.57. The Morgan fingerprint density at radius 1 is 0.920 bits per heavy atom. The minimum atomic E-state index is -0.455. The lowest BCUT2D eigenvalue weighted by atomic mass is 9.99. The first kappa shape index (κ1) is 16.9. The van der Waals surface area contributed by atoms with Crippen LogP contribution < -0.4 is 4.74 Å². The molecule has 0 saturated carbocycles. The van der Waals surface area contributed by atoms with Crippen LogP contribution in [-0.2, 0) is 6.61 Å². The second-order valence-corrected chi connectivity index (χ2v) is 5.95. The quantitative estimate of drug-likeness (QED) is 0.292. The fourth-order valence-electron chi connectivity index (χ4n) is 2.57. The summed E-state index contributed by atoms with van der Waals surface area (Å²) in [7, 11) is 0. The Morgan fingerprint density at radius 3 is 2.36 bits per heavy atom. The van der Waals surface area contributed by atoms with Crippen molar-refractivity contribution >= 4 is 11.6 Å². The molecule has 0 aliphatic carbocycles. The summed E-state index contributed by atoms with van der Waals surface area (Å²) in [6, 6.07) is 24.4. The molecule has 0 fully saturated rings. The van der Waals surface area contributed by atoms with Gasteiger partial charge >= 0.3 is 0 Å². The highest BCUT2D eigenvalue weighted by Gasteiger charge is 2.13. The summed E-state index contributed by atoms with van der Waals surface area (Å²) < 4.78 is 5.86. The second-order valence-electron chi connectivity index (χ2n) is 5.51. The molecule has 1 unspecified atom stereocenters. The summed E-state index contributed by atoms with van der Waals surface area (Å²) >= 11 is 6.07. The molecule has 0 aliphatic heterocycles. The highest BCUT2D eigenvalue weighted by atomic mass is 35.5. The van der Waals surface area contributed by atoms with Crippen LogP contribution in [0.3, 0.4) is 0 Å². The normalized spacial score (nSPS) is 11.4. The maximum atomic E-state index is 8.94. The second kappa shape index (κ2) is 8.25. The predicted molar refractivity (Wildman–Crippen MR) is 99.7 cm³/mol. The van der Waals surface area contributed by atoms with E-state index in [-0.39, 0.29) is 0 Å². The molecule has 0 saturated heterocycles. The molecular weight excluding hydrogens is 334 g/mol. The van der Waals surface area contributed by atoms with E-state index in [0.717, 1.165) is 22.4 Å². The van der Waals surface area contributed by atoms with E-state index in [4.69, 9.17) is 21.9 Å². The van der Waals surface area contributed by atoms with Crippen molar-refractivity contribution in [2.75, 3.05) is 0 Å². The number of azide groups is 1. The van der Waals surface area contributed by atoms with Gasteiger partial charge < -0.3 is 4.74 Å². The Hall–Kier alpha value is -2.94. The molecule has 0 aliphatic rings. The average Bonchev–Trinajstić information content (AvgIpc) is 2.65. The summed E-state index contributed by atoms with van der Waals surface area (Å²) in [5, 5.41) is 4.54. The van der Waals surface area contributed by atoms with Crippen LogP contribution >= 0.6 is 11.6 Å². The van der Waals surface area contributed by atoms with E-state index in [9.17, 15) is 0 Å². The van der Waals surface area contributed by atoms with Crippen LogP contribution in [0.4, 0.5) is 0 Å². The molecular formula is C20H16ClN3O. The minimum absolute atomic E-state index is 0.455. The number of nitrogens with zero attached hydrogens (tertiary/aromatic N) is 3. The molecule has 0 aromatic heterocycles. The zero-order chi connectivity index (χ0) is 17.5. The van der Waals surface area contributed by atoms with Crippen molar-refractivity contribution in [2.45, 2.75) is 12.6 Å². The molecule has 4 nitrogen and oxygen atoms in total. The lowest BCUT2D eigenvalue weighted by Gasteiger charge is -2.14. The molecule has 0 heterocycles. The van der Waals surface area contributed by atoms with Crippen LogP contribution in [0.25, 0.3) is 10.4 Å². The summed E-state index contributed by atoms with van der Waals surface area (Å²) in [6.07, 6.45) is 0. The van der Waals surface area contributed by atoms with Gasteiger partial charge in [-0.2, -0.15) is 0 Å². The van der Waals surface area contributed by atoms with Crippen LogP contribution in [-0.4, -0.2) is 0 Å². The fraction of sp³-hybridized carbons (Fsp3) is 0.100. The van der Waals surface area contributed by atoms with Crippen molar-refractivity contribution in [2.24, 2.45) is 5.11 Å². The Morgan fingerprint density at radius 2 is 1.64 bits per heavy atom. The van der Waals surface area contributed by atoms with Gasteiger partial charge in [0.2, 0.25) is 0 Å². The van der Waals surface area contributed by atoms with Crippen LogP contribution in [0.5, 0.6) is 5.75 Å². The van der Waals surface area contributed by atoms with Gasteiger partial charge in [0.15, 0.2) is 0 Å². The Labute approximate surface area is 151 Å². The van der Waals surface area contributed by atoms with Crippen LogP contribution in [0.15, 0.2) is 84.0 Å². The van der Waals surface area contributed by atoms with E-state index in [2.05, 4.69) is 10.0 Å². The number of hydrogen-bond donors (Lipinski definition) is 0. The predicted octanol–water partition coefficient (Wildman–Crippen LogP) is 6.32. The number of halogens is 1. The lowest BCUT2D eigenvalue weighted by Crippen LogP contribution is -1.99. The van der Waals surface area contributed by atoms with E-state index in [1.54, 1.807) is 12.1 Å². The smallest absolute Gasteiger partial charge is 0.120 e. The summed E-state index contributed by atoms with van der Waals surface area (Å²) in [4.78, 5) is 2.98. The van der Waals surface area contributed by atoms with Gasteiger partial charge in [0.1, 0.15) is 12.4 Å². The van der Waals surface area contributed by atoms with Crippen molar-refractivity contribution in [1.29, 1.82) is 0 Å². The van der Waals surface area contributed by atoms with Crippen LogP contribution in [0.1, 0.15) is 22.7 Å². The van der Waals surface area contributed by atoms with Crippen molar-refractivity contribution in [3.8, 4) is 5.75 Å². The van der Waals surface area contributed by atoms with Gasteiger partial charge in [-0.3, -0.25) is 0 Å².